The topological polar surface area (TPSA) is 48.9 Å². The fraction of sp³-hybridized carbons (Fsp3) is 0.682. The van der Waals surface area contributed by atoms with Crippen molar-refractivity contribution in [2.45, 2.75) is 52.1 Å². The Morgan fingerprint density at radius 2 is 1.89 bits per heavy atom. The fourth-order valence-corrected chi connectivity index (χ4v) is 3.95. The van der Waals surface area contributed by atoms with Crippen molar-refractivity contribution in [1.29, 1.82) is 0 Å². The first kappa shape index (κ1) is 25.2. The van der Waals surface area contributed by atoms with E-state index in [0.717, 1.165) is 45.2 Å². The number of nitrogens with one attached hydrogen (secondary N) is 2. The first-order valence-corrected chi connectivity index (χ1v) is 10.3. The summed E-state index contributed by atoms with van der Waals surface area (Å²) in [4.78, 5) is 6.61. The SMILES string of the molecule is CCOCCC1(CNC(=NC)NCc2cccc(CN(C)C)c2)CCCC1.I. The zero-order valence-corrected chi connectivity index (χ0v) is 20.4. The molecule has 2 rings (SSSR count). The lowest BCUT2D eigenvalue weighted by Gasteiger charge is -2.30. The van der Waals surface area contributed by atoms with Crippen molar-refractivity contribution in [2.75, 3.05) is 40.9 Å². The largest absolute Gasteiger partial charge is 0.382 e. The Bertz CT molecular complexity index is 586. The number of halogens is 1. The molecule has 6 heteroatoms. The number of benzene rings is 1. The van der Waals surface area contributed by atoms with E-state index in [9.17, 15) is 0 Å². The lowest BCUT2D eigenvalue weighted by Crippen LogP contribution is -2.43. The maximum Gasteiger partial charge on any atom is 0.191 e. The maximum absolute atomic E-state index is 5.62. The molecule has 5 nitrogen and oxygen atoms in total. The number of hydrogen-bond acceptors (Lipinski definition) is 3. The van der Waals surface area contributed by atoms with Gasteiger partial charge in [0.15, 0.2) is 5.96 Å². The van der Waals surface area contributed by atoms with Crippen LogP contribution in [0.15, 0.2) is 29.3 Å². The molecule has 0 spiro atoms. The molecule has 0 radical (unpaired) electrons. The molecule has 0 atom stereocenters. The van der Waals surface area contributed by atoms with Crippen LogP contribution in [0.2, 0.25) is 0 Å². The molecule has 1 saturated carbocycles. The van der Waals surface area contributed by atoms with Gasteiger partial charge in [0.05, 0.1) is 0 Å². The second-order valence-electron chi connectivity index (χ2n) is 7.99. The van der Waals surface area contributed by atoms with E-state index < -0.39 is 0 Å². The molecule has 1 aliphatic rings. The van der Waals surface area contributed by atoms with Crippen LogP contribution in [0.3, 0.4) is 0 Å². The van der Waals surface area contributed by atoms with Gasteiger partial charge in [0, 0.05) is 39.9 Å². The molecule has 0 aliphatic heterocycles. The average molecular weight is 502 g/mol. The average Bonchev–Trinajstić information content (AvgIpc) is 3.11. The zero-order chi connectivity index (χ0) is 19.5. The summed E-state index contributed by atoms with van der Waals surface area (Å²) in [5.74, 6) is 0.885. The van der Waals surface area contributed by atoms with E-state index in [4.69, 9.17) is 4.74 Å². The molecule has 28 heavy (non-hydrogen) atoms. The number of aliphatic imine (C=N–C) groups is 1. The highest BCUT2D eigenvalue weighted by Crippen LogP contribution is 2.40. The molecule has 0 amide bonds. The number of rotatable bonds is 10. The third kappa shape index (κ3) is 8.66. The van der Waals surface area contributed by atoms with Gasteiger partial charge in [-0.1, -0.05) is 37.1 Å². The minimum atomic E-state index is 0. The first-order chi connectivity index (χ1) is 13.1. The highest BCUT2D eigenvalue weighted by atomic mass is 127. The molecule has 0 bridgehead atoms. The molecule has 1 aromatic carbocycles. The third-order valence-electron chi connectivity index (χ3n) is 5.45. The van der Waals surface area contributed by atoms with E-state index >= 15 is 0 Å². The molecule has 0 saturated heterocycles. The van der Waals surface area contributed by atoms with Gasteiger partial charge in [-0.05, 0) is 56.8 Å². The van der Waals surface area contributed by atoms with Crippen LogP contribution in [-0.2, 0) is 17.8 Å². The van der Waals surface area contributed by atoms with Crippen molar-refractivity contribution in [3.05, 3.63) is 35.4 Å². The number of guanidine groups is 1. The Morgan fingerprint density at radius 3 is 2.54 bits per heavy atom. The predicted octanol–water partition coefficient (Wildman–Crippen LogP) is 4.02. The number of nitrogens with zero attached hydrogens (tertiary/aromatic N) is 2. The summed E-state index contributed by atoms with van der Waals surface area (Å²) in [6.45, 7) is 6.46. The van der Waals surface area contributed by atoms with E-state index in [1.807, 2.05) is 7.05 Å². The van der Waals surface area contributed by atoms with Gasteiger partial charge in [-0.15, -0.1) is 24.0 Å². The highest BCUT2D eigenvalue weighted by Gasteiger charge is 2.33. The first-order valence-electron chi connectivity index (χ1n) is 10.3. The second-order valence-corrected chi connectivity index (χ2v) is 7.99. The Balaban J connectivity index is 0.00000392. The van der Waals surface area contributed by atoms with Crippen LogP contribution in [0.5, 0.6) is 0 Å². The van der Waals surface area contributed by atoms with E-state index in [1.165, 1.54) is 36.8 Å². The van der Waals surface area contributed by atoms with Crippen LogP contribution in [-0.4, -0.2) is 51.8 Å². The molecule has 1 aromatic rings. The Hall–Kier alpha value is -0.860. The maximum atomic E-state index is 5.62. The summed E-state index contributed by atoms with van der Waals surface area (Å²) < 4.78 is 5.62. The molecule has 0 heterocycles. The van der Waals surface area contributed by atoms with E-state index in [0.29, 0.717) is 5.41 Å². The number of ether oxygens (including phenoxy) is 1. The van der Waals surface area contributed by atoms with Crippen LogP contribution in [0.4, 0.5) is 0 Å². The predicted molar refractivity (Wildman–Crippen MR) is 129 cm³/mol. The van der Waals surface area contributed by atoms with E-state index in [-0.39, 0.29) is 24.0 Å². The van der Waals surface area contributed by atoms with Crippen LogP contribution >= 0.6 is 24.0 Å². The summed E-state index contributed by atoms with van der Waals surface area (Å²) in [5, 5.41) is 7.04. The van der Waals surface area contributed by atoms with Gasteiger partial charge in [0.2, 0.25) is 0 Å². The van der Waals surface area contributed by atoms with Crippen LogP contribution < -0.4 is 10.6 Å². The highest BCUT2D eigenvalue weighted by molar-refractivity contribution is 14.0. The van der Waals surface area contributed by atoms with Crippen molar-refractivity contribution in [1.82, 2.24) is 15.5 Å². The van der Waals surface area contributed by atoms with Gasteiger partial charge >= 0.3 is 0 Å². The summed E-state index contributed by atoms with van der Waals surface area (Å²) in [5.41, 5.74) is 2.98. The molecular weight excluding hydrogens is 463 g/mol. The molecule has 1 fully saturated rings. The van der Waals surface area contributed by atoms with Gasteiger partial charge in [0.1, 0.15) is 0 Å². The Morgan fingerprint density at radius 1 is 1.18 bits per heavy atom. The summed E-state index contributed by atoms with van der Waals surface area (Å²) in [6.07, 6.45) is 6.38. The van der Waals surface area contributed by atoms with Gasteiger partial charge in [-0.25, -0.2) is 0 Å². The molecule has 1 aliphatic carbocycles. The van der Waals surface area contributed by atoms with Gasteiger partial charge in [0.25, 0.3) is 0 Å². The summed E-state index contributed by atoms with van der Waals surface area (Å²) >= 11 is 0. The summed E-state index contributed by atoms with van der Waals surface area (Å²) in [7, 11) is 6.04. The van der Waals surface area contributed by atoms with Crippen LogP contribution in [0, 0.1) is 5.41 Å². The fourth-order valence-electron chi connectivity index (χ4n) is 3.95. The van der Waals surface area contributed by atoms with Gasteiger partial charge < -0.3 is 20.3 Å². The van der Waals surface area contributed by atoms with Crippen molar-refractivity contribution in [2.24, 2.45) is 10.4 Å². The number of hydrogen-bond donors (Lipinski definition) is 2. The zero-order valence-electron chi connectivity index (χ0n) is 18.1. The molecule has 0 aromatic heterocycles. The lowest BCUT2D eigenvalue weighted by molar-refractivity contribution is 0.105. The Labute approximate surface area is 188 Å². The summed E-state index contributed by atoms with van der Waals surface area (Å²) in [6, 6.07) is 8.74. The van der Waals surface area contributed by atoms with Crippen molar-refractivity contribution in [3.63, 3.8) is 0 Å². The van der Waals surface area contributed by atoms with Crippen LogP contribution in [0.1, 0.15) is 50.2 Å². The van der Waals surface area contributed by atoms with E-state index in [2.05, 4.69) is 65.8 Å². The third-order valence-corrected chi connectivity index (χ3v) is 5.45. The minimum absolute atomic E-state index is 0. The minimum Gasteiger partial charge on any atom is -0.382 e. The molecule has 0 unspecified atom stereocenters. The quantitative estimate of drug-likeness (QED) is 0.220. The van der Waals surface area contributed by atoms with Crippen molar-refractivity contribution in [3.8, 4) is 0 Å². The molecular formula is C22H39IN4O. The molecule has 160 valence electrons. The van der Waals surface area contributed by atoms with Crippen LogP contribution in [0.25, 0.3) is 0 Å². The smallest absolute Gasteiger partial charge is 0.191 e. The van der Waals surface area contributed by atoms with Crippen molar-refractivity contribution >= 4 is 29.9 Å². The van der Waals surface area contributed by atoms with Crippen molar-refractivity contribution < 1.29 is 4.74 Å². The standard InChI is InChI=1S/C22H38N4O.HI/c1-5-27-14-13-22(11-6-7-12-22)18-25-21(23-2)24-16-19-9-8-10-20(15-19)17-26(3)4;/h8-10,15H,5-7,11-14,16-18H2,1-4H3,(H2,23,24,25);1H. The molecule has 2 N–H and O–H groups in total. The monoisotopic (exact) mass is 502 g/mol. The normalized spacial score (nSPS) is 16.1. The Kier molecular flexibility index (Phi) is 12.0. The van der Waals surface area contributed by atoms with E-state index in [1.54, 1.807) is 0 Å². The lowest BCUT2D eigenvalue weighted by atomic mass is 9.83. The second kappa shape index (κ2) is 13.4. The van der Waals surface area contributed by atoms with Gasteiger partial charge in [-0.3, -0.25) is 4.99 Å². The van der Waals surface area contributed by atoms with Gasteiger partial charge in [-0.2, -0.15) is 0 Å².